The molecule has 0 saturated heterocycles. The van der Waals surface area contributed by atoms with Crippen LogP contribution in [0.2, 0.25) is 0 Å². The van der Waals surface area contributed by atoms with Gasteiger partial charge in [0.1, 0.15) is 0 Å². The molecule has 1 aliphatic carbocycles. The Hall–Kier alpha value is -2.06. The average molecular weight is 596 g/mol. The van der Waals surface area contributed by atoms with Crippen molar-refractivity contribution in [3.63, 3.8) is 0 Å². The predicted molar refractivity (Wildman–Crippen MR) is 117 cm³/mol. The third-order valence-electron chi connectivity index (χ3n) is 5.10. The van der Waals surface area contributed by atoms with Gasteiger partial charge in [0.15, 0.2) is 0 Å². The monoisotopic (exact) mass is 598 g/mol. The molecule has 7 nitrogen and oxygen atoms in total. The van der Waals surface area contributed by atoms with E-state index in [2.05, 4.69) is 4.74 Å². The molecule has 0 unspecified atom stereocenters. The zero-order valence-electron chi connectivity index (χ0n) is 17.4. The molecule has 0 aromatic heterocycles. The SMILES string of the molecule is O=C(COc1ccc([Te]c2ccc(OC(=O)C(F)(F)S(=O)(=O)O)cc2)cc1)C1CCCCC1. The van der Waals surface area contributed by atoms with E-state index in [0.29, 0.717) is 5.75 Å². The molecule has 3 rings (SSSR count). The van der Waals surface area contributed by atoms with Gasteiger partial charge in [0.2, 0.25) is 0 Å². The van der Waals surface area contributed by atoms with Crippen LogP contribution in [-0.2, 0) is 19.7 Å². The summed E-state index contributed by atoms with van der Waals surface area (Å²) in [7, 11) is -5.92. The van der Waals surface area contributed by atoms with Crippen LogP contribution in [0.5, 0.6) is 11.5 Å². The molecule has 0 aliphatic heterocycles. The first kappa shape index (κ1) is 25.6. The molecule has 2 aromatic rings. The first-order valence-corrected chi connectivity index (χ1v) is 13.9. The van der Waals surface area contributed by atoms with E-state index in [9.17, 15) is 26.8 Å². The minimum atomic E-state index is -5.92. The van der Waals surface area contributed by atoms with Gasteiger partial charge in [-0.2, -0.15) is 0 Å². The van der Waals surface area contributed by atoms with Gasteiger partial charge in [-0.05, 0) is 0 Å². The Balaban J connectivity index is 1.51. The van der Waals surface area contributed by atoms with Gasteiger partial charge >= 0.3 is 201 Å². The molecule has 178 valence electrons. The summed E-state index contributed by atoms with van der Waals surface area (Å²) in [5.74, 6) is -1.80. The maximum atomic E-state index is 13.3. The molecule has 2 aromatic carbocycles. The third-order valence-corrected chi connectivity index (χ3v) is 8.81. The molecule has 1 fully saturated rings. The molecule has 0 atom stereocenters. The zero-order chi connectivity index (χ0) is 24.1. The number of alkyl halides is 2. The standard InChI is InChI=1S/C22H22F2O7STe/c23-22(24,32(27,28)29)21(26)31-17-8-12-19(13-9-17)33-18-10-6-16(7-11-18)30-14-20(25)15-4-2-1-3-5-15/h6-13,15H,1-5,14H2,(H,27,28,29). The second-order valence-electron chi connectivity index (χ2n) is 7.52. The number of carbonyl (C=O) groups excluding carboxylic acids is 2. The van der Waals surface area contributed by atoms with Crippen LogP contribution in [0.1, 0.15) is 32.1 Å². The number of hydrogen-bond donors (Lipinski definition) is 1. The van der Waals surface area contributed by atoms with Gasteiger partial charge in [-0.3, -0.25) is 0 Å². The molecule has 1 saturated carbocycles. The molecule has 33 heavy (non-hydrogen) atoms. The van der Waals surface area contributed by atoms with Gasteiger partial charge in [0, 0.05) is 0 Å². The fourth-order valence-electron chi connectivity index (χ4n) is 3.28. The van der Waals surface area contributed by atoms with Crippen LogP contribution < -0.4 is 16.7 Å². The van der Waals surface area contributed by atoms with Gasteiger partial charge in [0.25, 0.3) is 0 Å². The van der Waals surface area contributed by atoms with Gasteiger partial charge in [-0.25, -0.2) is 0 Å². The fraction of sp³-hybridized carbons (Fsp3) is 0.364. The van der Waals surface area contributed by atoms with E-state index < -0.39 is 42.3 Å². The number of esters is 1. The first-order chi connectivity index (χ1) is 15.6. The fourth-order valence-corrected chi connectivity index (χ4v) is 5.87. The second kappa shape index (κ2) is 10.9. The first-order valence-electron chi connectivity index (χ1n) is 10.2. The molecule has 0 amide bonds. The van der Waals surface area contributed by atoms with E-state index >= 15 is 0 Å². The average Bonchev–Trinajstić information content (AvgIpc) is 2.79. The predicted octanol–water partition coefficient (Wildman–Crippen LogP) is 2.26. The second-order valence-corrected chi connectivity index (χ2v) is 12.3. The summed E-state index contributed by atoms with van der Waals surface area (Å²) in [6.45, 7) is 0.0670. The van der Waals surface area contributed by atoms with E-state index in [1.165, 1.54) is 18.6 Å². The van der Waals surface area contributed by atoms with E-state index in [1.807, 2.05) is 12.1 Å². The molecule has 1 aliphatic rings. The third kappa shape index (κ3) is 6.96. The molecule has 0 spiro atoms. The number of ketones is 1. The Morgan fingerprint density at radius 1 is 0.939 bits per heavy atom. The summed E-state index contributed by atoms with van der Waals surface area (Å²) < 4.78 is 68.1. The van der Waals surface area contributed by atoms with Crippen molar-refractivity contribution in [1.82, 2.24) is 0 Å². The van der Waals surface area contributed by atoms with Gasteiger partial charge < -0.3 is 0 Å². The van der Waals surface area contributed by atoms with Crippen LogP contribution in [0.25, 0.3) is 0 Å². The van der Waals surface area contributed by atoms with Gasteiger partial charge in [0.05, 0.1) is 0 Å². The summed E-state index contributed by atoms with van der Waals surface area (Å²) in [6, 6.07) is 13.1. The van der Waals surface area contributed by atoms with Gasteiger partial charge in [-0.1, -0.05) is 0 Å². The Morgan fingerprint density at radius 3 is 1.97 bits per heavy atom. The number of Topliss-reactive ketones (excluding diaryl/α,β-unsaturated/α-hetero) is 1. The summed E-state index contributed by atoms with van der Waals surface area (Å²) in [5, 5.41) is -5.05. The van der Waals surface area contributed by atoms with Crippen LogP contribution in [0.15, 0.2) is 48.5 Å². The number of carbonyl (C=O) groups is 2. The number of hydrogen-bond acceptors (Lipinski definition) is 6. The topological polar surface area (TPSA) is 107 Å². The van der Waals surface area contributed by atoms with E-state index in [1.54, 1.807) is 24.3 Å². The van der Waals surface area contributed by atoms with Crippen molar-refractivity contribution in [1.29, 1.82) is 0 Å². The zero-order valence-corrected chi connectivity index (χ0v) is 20.6. The molecular weight excluding hydrogens is 574 g/mol. The molecule has 1 N–H and O–H groups in total. The Labute approximate surface area is 200 Å². The maximum absolute atomic E-state index is 13.3. The minimum absolute atomic E-state index is 0.0670. The van der Waals surface area contributed by atoms with Crippen LogP contribution >= 0.6 is 0 Å². The van der Waals surface area contributed by atoms with Crippen molar-refractivity contribution in [2.45, 2.75) is 37.4 Å². The number of ether oxygens (including phenoxy) is 2. The van der Waals surface area contributed by atoms with E-state index in [-0.39, 0.29) is 24.1 Å². The number of halogens is 2. The molecule has 0 radical (unpaired) electrons. The van der Waals surface area contributed by atoms with Crippen LogP contribution in [0.4, 0.5) is 8.78 Å². The summed E-state index contributed by atoms with van der Waals surface area (Å²) in [6.07, 6.45) is 5.25. The van der Waals surface area contributed by atoms with Gasteiger partial charge in [-0.15, -0.1) is 0 Å². The molecular formula is C22H22F2O7STe. The quantitative estimate of drug-likeness (QED) is 0.205. The van der Waals surface area contributed by atoms with E-state index in [4.69, 9.17) is 9.29 Å². The number of rotatable bonds is 9. The normalized spacial score (nSPS) is 15.1. The summed E-state index contributed by atoms with van der Waals surface area (Å²) in [4.78, 5) is 23.6. The van der Waals surface area contributed by atoms with E-state index in [0.717, 1.165) is 32.9 Å². The summed E-state index contributed by atoms with van der Waals surface area (Å²) >= 11 is -0.845. The van der Waals surface area contributed by atoms with Crippen LogP contribution in [0.3, 0.4) is 0 Å². The van der Waals surface area contributed by atoms with Crippen molar-refractivity contribution in [2.75, 3.05) is 6.61 Å². The van der Waals surface area contributed by atoms with Crippen molar-refractivity contribution in [2.24, 2.45) is 5.92 Å². The van der Waals surface area contributed by atoms with Crippen LogP contribution in [0, 0.1) is 5.92 Å². The van der Waals surface area contributed by atoms with Crippen molar-refractivity contribution < 1.29 is 40.8 Å². The summed E-state index contributed by atoms with van der Waals surface area (Å²) in [5.41, 5.74) is 0. The molecule has 0 bridgehead atoms. The Bertz CT molecular complexity index is 1080. The number of benzene rings is 2. The molecule has 11 heteroatoms. The van der Waals surface area contributed by atoms with Crippen LogP contribution in [-0.4, -0.2) is 57.5 Å². The van der Waals surface area contributed by atoms with Crippen molar-refractivity contribution in [3.8, 4) is 11.5 Å². The van der Waals surface area contributed by atoms with Crippen molar-refractivity contribution in [3.05, 3.63) is 48.5 Å². The Kier molecular flexibility index (Phi) is 8.45. The van der Waals surface area contributed by atoms with Crippen molar-refractivity contribution >= 4 is 50.0 Å². The molecule has 0 heterocycles. The Morgan fingerprint density at radius 2 is 1.45 bits per heavy atom.